The molecule has 1 aromatic rings. The van der Waals surface area contributed by atoms with Gasteiger partial charge in [0.15, 0.2) is 5.69 Å². The lowest BCUT2D eigenvalue weighted by Gasteiger charge is -2.60. The van der Waals surface area contributed by atoms with Gasteiger partial charge in [0.1, 0.15) is 0 Å². The van der Waals surface area contributed by atoms with Crippen LogP contribution in [0.15, 0.2) is 4.63 Å². The Bertz CT molecular complexity index is 803. The predicted octanol–water partition coefficient (Wildman–Crippen LogP) is 6.34. The highest BCUT2D eigenvalue weighted by atomic mass is 16.8. The normalized spacial score (nSPS) is 42.6. The fraction of sp³-hybridized carbons (Fsp3) is 0.926. The molecule has 0 radical (unpaired) electrons. The van der Waals surface area contributed by atoms with Gasteiger partial charge >= 0.3 is 0 Å². The summed E-state index contributed by atoms with van der Waals surface area (Å²) in [6, 6.07) is 0. The van der Waals surface area contributed by atoms with Crippen LogP contribution in [0.2, 0.25) is 0 Å². The van der Waals surface area contributed by atoms with Gasteiger partial charge in [-0.05, 0) is 95.7 Å². The molecule has 0 saturated heterocycles. The average Bonchev–Trinajstić information content (AvgIpc) is 3.25. The fourth-order valence-corrected chi connectivity index (χ4v) is 9.38. The van der Waals surface area contributed by atoms with E-state index in [-0.39, 0.29) is 5.41 Å². The number of rotatable bonds is 5. The molecule has 0 spiro atoms. The highest BCUT2D eigenvalue weighted by Crippen LogP contribution is 2.67. The highest BCUT2D eigenvalue weighted by Gasteiger charge is 2.61. The summed E-state index contributed by atoms with van der Waals surface area (Å²) < 4.78 is 4.99. The van der Waals surface area contributed by atoms with E-state index in [1.807, 2.05) is 0 Å². The lowest BCUT2D eigenvalue weighted by atomic mass is 9.44. The summed E-state index contributed by atoms with van der Waals surface area (Å²) in [6.45, 7) is 12.5. The van der Waals surface area contributed by atoms with Gasteiger partial charge < -0.3 is 5.21 Å². The van der Waals surface area contributed by atoms with E-state index in [4.69, 9.17) is 4.63 Å². The molecule has 1 heterocycles. The van der Waals surface area contributed by atoms with Gasteiger partial charge in [0.05, 0.1) is 0 Å². The van der Waals surface area contributed by atoms with E-state index in [9.17, 15) is 5.21 Å². The number of hydrogen-bond acceptors (Lipinski definition) is 3. The van der Waals surface area contributed by atoms with Gasteiger partial charge in [-0.3, -0.25) is 4.63 Å². The molecule has 3 saturated carbocycles. The van der Waals surface area contributed by atoms with E-state index in [2.05, 4.69) is 39.8 Å². The molecule has 0 amide bonds. The van der Waals surface area contributed by atoms with Crippen molar-refractivity contribution in [1.29, 1.82) is 0 Å². The van der Waals surface area contributed by atoms with Crippen molar-refractivity contribution in [2.45, 2.75) is 105 Å². The predicted molar refractivity (Wildman–Crippen MR) is 122 cm³/mol. The molecule has 8 atom stereocenters. The van der Waals surface area contributed by atoms with Crippen LogP contribution < -0.4 is 4.90 Å². The Labute approximate surface area is 189 Å². The monoisotopic (exact) mass is 428 g/mol. The number of nitrogens with zero attached hydrogens (tertiary/aromatic N) is 2. The quantitative estimate of drug-likeness (QED) is 0.514. The van der Waals surface area contributed by atoms with Crippen LogP contribution >= 0.6 is 0 Å². The molecule has 1 aromatic heterocycles. The van der Waals surface area contributed by atoms with Gasteiger partial charge in [0.2, 0.25) is 5.69 Å². The molecule has 31 heavy (non-hydrogen) atoms. The maximum Gasteiger partial charge on any atom is 0.221 e. The van der Waals surface area contributed by atoms with Gasteiger partial charge in [-0.15, -0.1) is 0 Å². The van der Waals surface area contributed by atoms with Gasteiger partial charge in [0, 0.05) is 18.0 Å². The molecule has 4 heteroatoms. The van der Waals surface area contributed by atoms with Gasteiger partial charge in [-0.25, -0.2) is 0 Å². The first-order valence-corrected chi connectivity index (χ1v) is 13.3. The molecule has 0 bridgehead atoms. The second-order valence-electron chi connectivity index (χ2n) is 12.9. The van der Waals surface area contributed by atoms with Crippen molar-refractivity contribution in [2.24, 2.45) is 52.3 Å². The molecule has 3 fully saturated rings. The van der Waals surface area contributed by atoms with Crippen LogP contribution in [0.5, 0.6) is 0 Å². The molecule has 0 aliphatic heterocycles. The Kier molecular flexibility index (Phi) is 5.45. The SMILES string of the molecule is CC(C)CCC[C@@H](C)[C@@H]1CC[C@@H]2[C@@H]3CC[C@H]4Cc5no[n+]([O-])c5C[C@]4(C)[C@H]3CC[C@@]21C. The lowest BCUT2D eigenvalue weighted by Crippen LogP contribution is -2.55. The Hall–Kier alpha value is -1.06. The van der Waals surface area contributed by atoms with Crippen LogP contribution in [0.1, 0.15) is 104 Å². The van der Waals surface area contributed by atoms with Gasteiger partial charge in [0.25, 0.3) is 0 Å². The summed E-state index contributed by atoms with van der Waals surface area (Å²) in [5.41, 5.74) is 2.55. The Balaban J connectivity index is 1.34. The van der Waals surface area contributed by atoms with Crippen LogP contribution in [0.25, 0.3) is 0 Å². The number of aromatic nitrogens is 2. The zero-order valence-corrected chi connectivity index (χ0v) is 20.5. The summed E-state index contributed by atoms with van der Waals surface area (Å²) in [7, 11) is 0. The first-order valence-electron chi connectivity index (χ1n) is 13.3. The zero-order valence-electron chi connectivity index (χ0n) is 20.5. The third kappa shape index (κ3) is 3.37. The van der Waals surface area contributed by atoms with Gasteiger partial charge in [-0.1, -0.05) is 53.9 Å². The summed E-state index contributed by atoms with van der Waals surface area (Å²) in [4.78, 5) is 0.706. The minimum atomic E-state index is 0.246. The second-order valence-corrected chi connectivity index (χ2v) is 12.9. The lowest BCUT2D eigenvalue weighted by molar-refractivity contribution is -0.808. The molecule has 0 aromatic carbocycles. The molecule has 4 nitrogen and oxygen atoms in total. The Morgan fingerprint density at radius 2 is 1.81 bits per heavy atom. The van der Waals surface area contributed by atoms with E-state index in [0.29, 0.717) is 16.2 Å². The summed E-state index contributed by atoms with van der Waals surface area (Å²) in [5.74, 6) is 5.80. The van der Waals surface area contributed by atoms with Crippen molar-refractivity contribution in [2.75, 3.05) is 0 Å². The topological polar surface area (TPSA) is 53.0 Å². The molecule has 0 N–H and O–H groups in total. The van der Waals surface area contributed by atoms with Crippen molar-refractivity contribution in [3.8, 4) is 0 Å². The number of fused-ring (bicyclic) bond motifs is 6. The third-order valence-electron chi connectivity index (χ3n) is 11.0. The molecule has 5 rings (SSSR count). The molecule has 0 unspecified atom stereocenters. The minimum Gasteiger partial charge on any atom is -0.359 e. The third-order valence-corrected chi connectivity index (χ3v) is 11.0. The van der Waals surface area contributed by atoms with E-state index in [1.165, 1.54) is 57.8 Å². The smallest absolute Gasteiger partial charge is 0.221 e. The highest BCUT2D eigenvalue weighted by molar-refractivity contribution is 5.19. The average molecular weight is 429 g/mol. The van der Waals surface area contributed by atoms with Crippen LogP contribution in [-0.2, 0) is 12.8 Å². The van der Waals surface area contributed by atoms with Gasteiger partial charge in [-0.2, -0.15) is 0 Å². The molecule has 4 aliphatic rings. The molecule has 4 aliphatic carbocycles. The van der Waals surface area contributed by atoms with Crippen LogP contribution in [-0.4, -0.2) is 5.16 Å². The summed E-state index contributed by atoms with van der Waals surface area (Å²) in [6.07, 6.45) is 14.4. The van der Waals surface area contributed by atoms with E-state index < -0.39 is 0 Å². The molecule has 174 valence electrons. The Morgan fingerprint density at radius 3 is 2.58 bits per heavy atom. The van der Waals surface area contributed by atoms with E-state index in [0.717, 1.165) is 59.7 Å². The maximum absolute atomic E-state index is 12.2. The van der Waals surface area contributed by atoms with Crippen LogP contribution in [0.3, 0.4) is 0 Å². The largest absolute Gasteiger partial charge is 0.359 e. The van der Waals surface area contributed by atoms with Crippen molar-refractivity contribution in [3.63, 3.8) is 0 Å². The van der Waals surface area contributed by atoms with Crippen molar-refractivity contribution < 1.29 is 9.53 Å². The van der Waals surface area contributed by atoms with Crippen molar-refractivity contribution >= 4 is 0 Å². The standard InChI is InChI=1S/C27H44N2O2/c1-17(2)7-6-8-18(3)21-11-12-22-20-10-9-19-15-24-25(29(30)31-28-24)16-27(19,5)23(20)13-14-26(21,22)4/h17-23H,6-16H2,1-5H3/t18-,19+,20+,21+,22-,23+,26-,27+/m1/s1. The number of hydrogen-bond donors (Lipinski definition) is 0. The zero-order chi connectivity index (χ0) is 22.0. The van der Waals surface area contributed by atoms with E-state index in [1.54, 1.807) is 0 Å². The summed E-state index contributed by atoms with van der Waals surface area (Å²) in [5, 5.41) is 16.3. The maximum atomic E-state index is 12.2. The fourth-order valence-electron chi connectivity index (χ4n) is 9.38. The van der Waals surface area contributed by atoms with Crippen LogP contribution in [0.4, 0.5) is 0 Å². The second kappa shape index (κ2) is 7.76. The van der Waals surface area contributed by atoms with E-state index >= 15 is 0 Å². The molecular weight excluding hydrogens is 384 g/mol. The van der Waals surface area contributed by atoms with Crippen molar-refractivity contribution in [3.05, 3.63) is 16.6 Å². The Morgan fingerprint density at radius 1 is 1.03 bits per heavy atom. The van der Waals surface area contributed by atoms with Crippen molar-refractivity contribution in [1.82, 2.24) is 5.16 Å². The molecular formula is C27H44N2O2. The first kappa shape index (κ1) is 21.8. The first-order chi connectivity index (χ1) is 14.7. The van der Waals surface area contributed by atoms with Crippen LogP contribution in [0, 0.1) is 57.5 Å². The minimum absolute atomic E-state index is 0.246. The summed E-state index contributed by atoms with van der Waals surface area (Å²) >= 11 is 0.